The van der Waals surface area contributed by atoms with Gasteiger partial charge in [0, 0.05) is 25.0 Å². The summed E-state index contributed by atoms with van der Waals surface area (Å²) in [6.45, 7) is 7.16. The second kappa shape index (κ2) is 8.15. The summed E-state index contributed by atoms with van der Waals surface area (Å²) in [7, 11) is 0. The molecule has 0 aromatic heterocycles. The minimum atomic E-state index is -0.364. The number of hydrogen-bond donors (Lipinski definition) is 2. The van der Waals surface area contributed by atoms with Gasteiger partial charge in [-0.15, -0.1) is 0 Å². The van der Waals surface area contributed by atoms with Crippen LogP contribution in [0.25, 0.3) is 0 Å². The smallest absolute Gasteiger partial charge is 0.224 e. The van der Waals surface area contributed by atoms with Gasteiger partial charge in [0.15, 0.2) is 0 Å². The zero-order valence-electron chi connectivity index (χ0n) is 12.0. The number of amides is 2. The van der Waals surface area contributed by atoms with Gasteiger partial charge in [-0.1, -0.05) is 13.8 Å². The maximum Gasteiger partial charge on any atom is 0.224 e. The lowest BCUT2D eigenvalue weighted by atomic mass is 10.0. The molecule has 0 aromatic rings. The number of nitrogens with one attached hydrogen (secondary N) is 1. The molecular formula is C14H26N3O2. The Morgan fingerprint density at radius 2 is 2.05 bits per heavy atom. The topological polar surface area (TPSA) is 75.4 Å². The van der Waals surface area contributed by atoms with Gasteiger partial charge in [-0.3, -0.25) is 9.59 Å². The van der Waals surface area contributed by atoms with Gasteiger partial charge in [0.05, 0.1) is 6.42 Å². The van der Waals surface area contributed by atoms with Crippen LogP contribution in [0.3, 0.4) is 0 Å². The Hall–Kier alpha value is -1.10. The summed E-state index contributed by atoms with van der Waals surface area (Å²) in [4.78, 5) is 25.0. The monoisotopic (exact) mass is 268 g/mol. The van der Waals surface area contributed by atoms with Gasteiger partial charge in [-0.05, 0) is 32.2 Å². The zero-order chi connectivity index (χ0) is 14.3. The molecule has 0 aromatic carbocycles. The number of likely N-dealkylation sites (tertiary alicyclic amines) is 1. The number of carbonyl (C=O) groups excluding carboxylic acids is 2. The summed E-state index contributed by atoms with van der Waals surface area (Å²) in [5.74, 6) is -0.726. The fourth-order valence-electron chi connectivity index (χ4n) is 2.28. The molecule has 19 heavy (non-hydrogen) atoms. The van der Waals surface area contributed by atoms with Crippen molar-refractivity contribution in [1.82, 2.24) is 10.2 Å². The average molecular weight is 268 g/mol. The lowest BCUT2D eigenvalue weighted by Gasteiger charge is -2.32. The van der Waals surface area contributed by atoms with E-state index in [-0.39, 0.29) is 23.8 Å². The van der Waals surface area contributed by atoms with Crippen molar-refractivity contribution in [2.45, 2.75) is 45.6 Å². The summed E-state index contributed by atoms with van der Waals surface area (Å²) >= 11 is 0. The lowest BCUT2D eigenvalue weighted by Crippen LogP contribution is -2.45. The van der Waals surface area contributed by atoms with Crippen LogP contribution in [0, 0.1) is 12.3 Å². The van der Waals surface area contributed by atoms with Crippen LogP contribution in [0.1, 0.15) is 39.5 Å². The number of hydrogen-bond acceptors (Lipinski definition) is 3. The molecule has 5 heteroatoms. The number of piperidine rings is 1. The third-order valence-corrected chi connectivity index (χ3v) is 3.62. The van der Waals surface area contributed by atoms with Crippen molar-refractivity contribution in [3.8, 4) is 0 Å². The molecule has 1 aliphatic heterocycles. The second-order valence-electron chi connectivity index (χ2n) is 5.37. The third kappa shape index (κ3) is 6.05. The molecule has 1 heterocycles. The number of rotatable bonds is 7. The van der Waals surface area contributed by atoms with Crippen LogP contribution in [-0.4, -0.2) is 42.4 Å². The SMILES string of the molecule is CCCN1CCC(NC(=O)[CH]C[C@H](C)C(N)=O)CC1. The Balaban J connectivity index is 2.18. The second-order valence-corrected chi connectivity index (χ2v) is 5.37. The quantitative estimate of drug-likeness (QED) is 0.713. The van der Waals surface area contributed by atoms with Crippen LogP contribution in [0.5, 0.6) is 0 Å². The molecule has 0 aliphatic carbocycles. The molecule has 0 saturated carbocycles. The molecule has 0 bridgehead atoms. The Kier molecular flexibility index (Phi) is 6.84. The van der Waals surface area contributed by atoms with E-state index in [1.165, 1.54) is 12.8 Å². The Bertz CT molecular complexity index is 299. The van der Waals surface area contributed by atoms with E-state index >= 15 is 0 Å². The van der Waals surface area contributed by atoms with Crippen molar-refractivity contribution >= 4 is 11.8 Å². The molecule has 5 nitrogen and oxygen atoms in total. The van der Waals surface area contributed by atoms with E-state index in [4.69, 9.17) is 5.73 Å². The largest absolute Gasteiger partial charge is 0.369 e. The van der Waals surface area contributed by atoms with Crippen LogP contribution in [-0.2, 0) is 9.59 Å². The molecule has 1 atom stereocenters. The van der Waals surface area contributed by atoms with Crippen LogP contribution < -0.4 is 11.1 Å². The van der Waals surface area contributed by atoms with Gasteiger partial charge >= 0.3 is 0 Å². The molecule has 1 aliphatic rings. The van der Waals surface area contributed by atoms with E-state index in [0.29, 0.717) is 6.42 Å². The van der Waals surface area contributed by atoms with Crippen LogP contribution in [0.15, 0.2) is 0 Å². The summed E-state index contributed by atoms with van der Waals surface area (Å²) < 4.78 is 0. The number of primary amides is 1. The van der Waals surface area contributed by atoms with E-state index in [0.717, 1.165) is 32.5 Å². The number of nitrogens with zero attached hydrogens (tertiary/aromatic N) is 1. The van der Waals surface area contributed by atoms with Gasteiger partial charge in [-0.25, -0.2) is 0 Å². The van der Waals surface area contributed by atoms with Gasteiger partial charge in [0.1, 0.15) is 0 Å². The normalized spacial score (nSPS) is 19.1. The summed E-state index contributed by atoms with van der Waals surface area (Å²) in [5, 5.41) is 3.00. The Labute approximate surface area is 115 Å². The molecule has 109 valence electrons. The van der Waals surface area contributed by atoms with Gasteiger partial charge in [-0.2, -0.15) is 0 Å². The molecule has 1 rings (SSSR count). The standard InChI is InChI=1S/C14H26N3O2/c1-3-8-17-9-6-12(7-10-17)16-13(18)5-4-11(2)14(15)19/h5,11-12H,3-4,6-10H2,1-2H3,(H2,15,19)(H,16,18)/t11-/m0/s1. The highest BCUT2D eigenvalue weighted by Gasteiger charge is 2.20. The molecule has 1 fully saturated rings. The molecule has 1 saturated heterocycles. The van der Waals surface area contributed by atoms with Crippen LogP contribution in [0.2, 0.25) is 0 Å². The predicted molar refractivity (Wildman–Crippen MR) is 75.2 cm³/mol. The highest BCUT2D eigenvalue weighted by molar-refractivity contribution is 5.86. The predicted octanol–water partition coefficient (Wildman–Crippen LogP) is 0.693. The number of nitrogens with two attached hydrogens (primary N) is 1. The van der Waals surface area contributed by atoms with E-state index in [2.05, 4.69) is 17.1 Å². The van der Waals surface area contributed by atoms with Crippen molar-refractivity contribution in [2.75, 3.05) is 19.6 Å². The summed E-state index contributed by atoms with van der Waals surface area (Å²) in [6, 6.07) is 0.265. The fourth-order valence-corrected chi connectivity index (χ4v) is 2.28. The highest BCUT2D eigenvalue weighted by atomic mass is 16.2. The van der Waals surface area contributed by atoms with E-state index in [9.17, 15) is 9.59 Å². The molecular weight excluding hydrogens is 242 g/mol. The first-order valence-corrected chi connectivity index (χ1v) is 7.18. The van der Waals surface area contributed by atoms with Crippen molar-refractivity contribution in [2.24, 2.45) is 11.7 Å². The van der Waals surface area contributed by atoms with E-state index in [1.54, 1.807) is 6.92 Å². The third-order valence-electron chi connectivity index (χ3n) is 3.62. The molecule has 1 radical (unpaired) electrons. The molecule has 3 N–H and O–H groups in total. The van der Waals surface area contributed by atoms with Crippen LogP contribution >= 0.6 is 0 Å². The maximum atomic E-state index is 11.7. The first-order valence-electron chi connectivity index (χ1n) is 7.18. The lowest BCUT2D eigenvalue weighted by molar-refractivity contribution is -0.121. The Morgan fingerprint density at radius 1 is 1.42 bits per heavy atom. The summed E-state index contributed by atoms with van der Waals surface area (Å²) in [5.41, 5.74) is 5.15. The molecule has 0 unspecified atom stereocenters. The first-order chi connectivity index (χ1) is 9.02. The van der Waals surface area contributed by atoms with E-state index in [1.807, 2.05) is 0 Å². The summed E-state index contributed by atoms with van der Waals surface area (Å²) in [6.07, 6.45) is 5.13. The fraction of sp³-hybridized carbons (Fsp3) is 0.786. The minimum Gasteiger partial charge on any atom is -0.369 e. The zero-order valence-corrected chi connectivity index (χ0v) is 12.0. The van der Waals surface area contributed by atoms with Gasteiger partial charge < -0.3 is 16.0 Å². The van der Waals surface area contributed by atoms with Gasteiger partial charge in [0.25, 0.3) is 0 Å². The van der Waals surface area contributed by atoms with E-state index < -0.39 is 0 Å². The average Bonchev–Trinajstić information content (AvgIpc) is 2.38. The van der Waals surface area contributed by atoms with Crippen LogP contribution in [0.4, 0.5) is 0 Å². The van der Waals surface area contributed by atoms with Crippen molar-refractivity contribution < 1.29 is 9.59 Å². The van der Waals surface area contributed by atoms with Gasteiger partial charge in [0.2, 0.25) is 11.8 Å². The molecule has 2 amide bonds. The minimum absolute atomic E-state index is 0.0814. The van der Waals surface area contributed by atoms with Crippen molar-refractivity contribution in [3.05, 3.63) is 6.42 Å². The van der Waals surface area contributed by atoms with Crippen molar-refractivity contribution in [3.63, 3.8) is 0 Å². The van der Waals surface area contributed by atoms with Crippen molar-refractivity contribution in [1.29, 1.82) is 0 Å². The maximum absolute atomic E-state index is 11.7. The molecule has 0 spiro atoms. The first kappa shape index (κ1) is 16.0. The number of carbonyl (C=O) groups is 2. The highest BCUT2D eigenvalue weighted by Crippen LogP contribution is 2.11. The Morgan fingerprint density at radius 3 is 2.58 bits per heavy atom.